The van der Waals surface area contributed by atoms with Gasteiger partial charge < -0.3 is 10.2 Å². The van der Waals surface area contributed by atoms with Crippen LogP contribution >= 0.6 is 0 Å². The highest BCUT2D eigenvalue weighted by Gasteiger charge is 2.13. The van der Waals surface area contributed by atoms with Crippen molar-refractivity contribution < 1.29 is 10.2 Å². The van der Waals surface area contributed by atoms with Crippen molar-refractivity contribution in [2.75, 3.05) is 26.2 Å². The molecule has 0 bridgehead atoms. The predicted molar refractivity (Wildman–Crippen MR) is 123 cm³/mol. The Labute approximate surface area is 180 Å². The van der Waals surface area contributed by atoms with Gasteiger partial charge in [0, 0.05) is 24.2 Å². The fourth-order valence-corrected chi connectivity index (χ4v) is 4.55. The number of benzene rings is 2. The van der Waals surface area contributed by atoms with Gasteiger partial charge in [-0.1, -0.05) is 49.3 Å². The molecular formula is C26H34N2O2. The summed E-state index contributed by atoms with van der Waals surface area (Å²) in [6.45, 7) is 6.14. The molecule has 0 aliphatic carbocycles. The molecule has 160 valence electrons. The third-order valence-corrected chi connectivity index (χ3v) is 6.37. The molecule has 0 spiro atoms. The molecule has 2 aliphatic heterocycles. The first kappa shape index (κ1) is 21.0. The van der Waals surface area contributed by atoms with E-state index in [-0.39, 0.29) is 0 Å². The molecule has 4 nitrogen and oxygen atoms in total. The Bertz CT molecular complexity index is 794. The molecular weight excluding hydrogens is 372 g/mol. The van der Waals surface area contributed by atoms with Crippen LogP contribution in [0.3, 0.4) is 0 Å². The van der Waals surface area contributed by atoms with Crippen LogP contribution in [-0.2, 0) is 13.1 Å². The molecule has 2 saturated heterocycles. The summed E-state index contributed by atoms with van der Waals surface area (Å²) in [5, 5.41) is 20.9. The maximum Gasteiger partial charge on any atom is 0.120 e. The maximum absolute atomic E-state index is 10.5. The molecule has 0 unspecified atom stereocenters. The lowest BCUT2D eigenvalue weighted by molar-refractivity contribution is 0.218. The van der Waals surface area contributed by atoms with Gasteiger partial charge in [0.05, 0.1) is 0 Å². The monoisotopic (exact) mass is 406 g/mol. The van der Waals surface area contributed by atoms with Crippen LogP contribution in [0.5, 0.6) is 11.5 Å². The summed E-state index contributed by atoms with van der Waals surface area (Å²) >= 11 is 0. The largest absolute Gasteiger partial charge is 0.508 e. The van der Waals surface area contributed by atoms with Gasteiger partial charge in [-0.15, -0.1) is 0 Å². The zero-order valence-electron chi connectivity index (χ0n) is 17.9. The van der Waals surface area contributed by atoms with Crippen LogP contribution in [0.2, 0.25) is 0 Å². The molecule has 0 aromatic heterocycles. The van der Waals surface area contributed by atoms with Gasteiger partial charge in [0.15, 0.2) is 0 Å². The van der Waals surface area contributed by atoms with Crippen molar-refractivity contribution in [3.05, 3.63) is 58.7 Å². The lowest BCUT2D eigenvalue weighted by Crippen LogP contribution is -2.29. The van der Waals surface area contributed by atoms with Crippen LogP contribution in [0.15, 0.2) is 36.4 Å². The molecule has 2 fully saturated rings. The second-order valence-corrected chi connectivity index (χ2v) is 8.78. The first-order chi connectivity index (χ1) is 14.7. The molecule has 2 aromatic rings. The van der Waals surface area contributed by atoms with E-state index >= 15 is 0 Å². The number of phenols is 2. The molecule has 0 radical (unpaired) electrons. The Hall–Kier alpha value is -2.30. The average Bonchev–Trinajstić information content (AvgIpc) is 2.77. The maximum atomic E-state index is 10.5. The summed E-state index contributed by atoms with van der Waals surface area (Å²) in [5.74, 6) is 0.727. The highest BCUT2D eigenvalue weighted by molar-refractivity contribution is 5.71. The topological polar surface area (TPSA) is 46.9 Å². The van der Waals surface area contributed by atoms with E-state index in [0.717, 1.165) is 61.5 Å². The van der Waals surface area contributed by atoms with Crippen molar-refractivity contribution in [2.24, 2.45) is 0 Å². The Kier molecular flexibility index (Phi) is 7.08. The molecule has 2 aliphatic rings. The number of hydrogen-bond acceptors (Lipinski definition) is 4. The molecule has 2 aromatic carbocycles. The van der Waals surface area contributed by atoms with Crippen LogP contribution in [0.25, 0.3) is 12.2 Å². The van der Waals surface area contributed by atoms with E-state index in [2.05, 4.69) is 21.9 Å². The van der Waals surface area contributed by atoms with E-state index in [1.54, 1.807) is 0 Å². The number of phenolic OH excluding ortho intramolecular Hbond substituents is 2. The lowest BCUT2D eigenvalue weighted by atomic mass is 10.0. The Morgan fingerprint density at radius 1 is 0.600 bits per heavy atom. The smallest absolute Gasteiger partial charge is 0.120 e. The van der Waals surface area contributed by atoms with Crippen LogP contribution in [0.4, 0.5) is 0 Å². The normalized spacial score (nSPS) is 18.8. The predicted octanol–water partition coefficient (Wildman–Crippen LogP) is 5.24. The van der Waals surface area contributed by atoms with Gasteiger partial charge in [0.1, 0.15) is 11.5 Å². The first-order valence-corrected chi connectivity index (χ1v) is 11.4. The van der Waals surface area contributed by atoms with Gasteiger partial charge in [-0.2, -0.15) is 0 Å². The molecule has 2 heterocycles. The zero-order valence-corrected chi connectivity index (χ0v) is 17.9. The molecule has 0 saturated carbocycles. The zero-order chi connectivity index (χ0) is 20.8. The number of hydrogen-bond donors (Lipinski definition) is 2. The number of aromatic hydroxyl groups is 2. The third-order valence-electron chi connectivity index (χ3n) is 6.37. The number of piperidine rings is 2. The van der Waals surface area contributed by atoms with E-state index < -0.39 is 0 Å². The molecule has 0 atom stereocenters. The van der Waals surface area contributed by atoms with Gasteiger partial charge in [0.2, 0.25) is 0 Å². The van der Waals surface area contributed by atoms with Gasteiger partial charge in [-0.05, 0) is 75.1 Å². The Balaban J connectivity index is 1.38. The van der Waals surface area contributed by atoms with Crippen molar-refractivity contribution in [3.8, 4) is 11.5 Å². The summed E-state index contributed by atoms with van der Waals surface area (Å²) in [4.78, 5) is 4.84. The summed E-state index contributed by atoms with van der Waals surface area (Å²) in [6.07, 6.45) is 11.6. The first-order valence-electron chi connectivity index (χ1n) is 11.4. The molecule has 30 heavy (non-hydrogen) atoms. The third kappa shape index (κ3) is 5.65. The van der Waals surface area contributed by atoms with Crippen LogP contribution in [-0.4, -0.2) is 46.2 Å². The van der Waals surface area contributed by atoms with E-state index in [4.69, 9.17) is 0 Å². The SMILES string of the molecule is Oc1cc(/C=C/c2ccc(CN3CCCCC3)c(O)c2)ccc1CN1CCCCC1. The molecule has 2 N–H and O–H groups in total. The Morgan fingerprint density at radius 2 is 1.00 bits per heavy atom. The second kappa shape index (κ2) is 10.1. The molecule has 4 heteroatoms. The quantitative estimate of drug-likeness (QED) is 0.644. The minimum Gasteiger partial charge on any atom is -0.508 e. The van der Waals surface area contributed by atoms with Crippen LogP contribution in [0, 0.1) is 0 Å². The summed E-state index contributed by atoms with van der Waals surface area (Å²) < 4.78 is 0. The van der Waals surface area contributed by atoms with Gasteiger partial charge in [0.25, 0.3) is 0 Å². The molecule has 0 amide bonds. The van der Waals surface area contributed by atoms with Crippen LogP contribution < -0.4 is 0 Å². The van der Waals surface area contributed by atoms with E-state index in [1.165, 1.54) is 38.5 Å². The standard InChI is InChI=1S/C26H34N2O2/c29-25-17-21(9-11-23(25)19-27-13-3-1-4-14-27)7-8-22-10-12-24(26(30)18-22)20-28-15-5-2-6-16-28/h7-12,17-18,29-30H,1-6,13-16,19-20H2/b8-7+. The summed E-state index contributed by atoms with van der Waals surface area (Å²) in [5.41, 5.74) is 3.92. The number of nitrogens with zero attached hydrogens (tertiary/aromatic N) is 2. The fraction of sp³-hybridized carbons (Fsp3) is 0.462. The van der Waals surface area contributed by atoms with E-state index in [1.807, 2.05) is 36.4 Å². The number of likely N-dealkylation sites (tertiary alicyclic amines) is 2. The van der Waals surface area contributed by atoms with Gasteiger partial charge >= 0.3 is 0 Å². The fourth-order valence-electron chi connectivity index (χ4n) is 4.55. The van der Waals surface area contributed by atoms with Crippen molar-refractivity contribution in [2.45, 2.75) is 51.6 Å². The van der Waals surface area contributed by atoms with Crippen molar-refractivity contribution in [1.29, 1.82) is 0 Å². The summed E-state index contributed by atoms with van der Waals surface area (Å²) in [6, 6.07) is 11.8. The lowest BCUT2D eigenvalue weighted by Gasteiger charge is -2.26. The second-order valence-electron chi connectivity index (χ2n) is 8.78. The minimum absolute atomic E-state index is 0.363. The van der Waals surface area contributed by atoms with Gasteiger partial charge in [-0.25, -0.2) is 0 Å². The highest BCUT2D eigenvalue weighted by Crippen LogP contribution is 2.25. The number of rotatable bonds is 6. The van der Waals surface area contributed by atoms with E-state index in [0.29, 0.717) is 11.5 Å². The average molecular weight is 407 g/mol. The van der Waals surface area contributed by atoms with Crippen molar-refractivity contribution in [3.63, 3.8) is 0 Å². The minimum atomic E-state index is 0.363. The Morgan fingerprint density at radius 3 is 1.37 bits per heavy atom. The highest BCUT2D eigenvalue weighted by atomic mass is 16.3. The van der Waals surface area contributed by atoms with Crippen molar-refractivity contribution >= 4 is 12.2 Å². The van der Waals surface area contributed by atoms with Crippen molar-refractivity contribution in [1.82, 2.24) is 9.80 Å². The summed E-state index contributed by atoms with van der Waals surface area (Å²) in [7, 11) is 0. The van der Waals surface area contributed by atoms with Gasteiger partial charge in [-0.3, -0.25) is 9.80 Å². The van der Waals surface area contributed by atoms with Crippen LogP contribution in [0.1, 0.15) is 60.8 Å². The molecule has 4 rings (SSSR count). The van der Waals surface area contributed by atoms with E-state index in [9.17, 15) is 10.2 Å².